The highest BCUT2D eigenvalue weighted by Gasteiger charge is 2.17. The smallest absolute Gasteiger partial charge is 0.257 e. The molecule has 2 aromatic rings. The Balaban J connectivity index is 1.77. The van der Waals surface area contributed by atoms with Gasteiger partial charge in [-0.25, -0.2) is 0 Å². The fourth-order valence-corrected chi connectivity index (χ4v) is 3.49. The van der Waals surface area contributed by atoms with Crippen LogP contribution in [0.1, 0.15) is 37.0 Å². The lowest BCUT2D eigenvalue weighted by molar-refractivity contribution is 0.102. The minimum absolute atomic E-state index is 0.136. The van der Waals surface area contributed by atoms with E-state index in [4.69, 9.17) is 4.74 Å². The SMILES string of the molecule is CCCN(CCC)c1cncc(C(=O)Nc2ccccc2N2CCOCC2)c1. The summed E-state index contributed by atoms with van der Waals surface area (Å²) in [5.41, 5.74) is 3.42. The summed E-state index contributed by atoms with van der Waals surface area (Å²) >= 11 is 0. The van der Waals surface area contributed by atoms with Crippen LogP contribution < -0.4 is 15.1 Å². The van der Waals surface area contributed by atoms with Crippen LogP contribution in [0.25, 0.3) is 0 Å². The highest BCUT2D eigenvalue weighted by Crippen LogP contribution is 2.27. The van der Waals surface area contributed by atoms with E-state index in [-0.39, 0.29) is 5.91 Å². The number of amides is 1. The number of carbonyl (C=O) groups excluding carboxylic acids is 1. The number of aromatic nitrogens is 1. The van der Waals surface area contributed by atoms with Crippen molar-refractivity contribution in [3.63, 3.8) is 0 Å². The number of para-hydroxylation sites is 2. The molecule has 1 aliphatic heterocycles. The van der Waals surface area contributed by atoms with Crippen LogP contribution in [0.4, 0.5) is 17.1 Å². The Morgan fingerprint density at radius 2 is 1.86 bits per heavy atom. The van der Waals surface area contributed by atoms with E-state index < -0.39 is 0 Å². The maximum Gasteiger partial charge on any atom is 0.257 e. The van der Waals surface area contributed by atoms with Crippen molar-refractivity contribution in [1.82, 2.24) is 4.98 Å². The molecule has 1 aromatic heterocycles. The van der Waals surface area contributed by atoms with Crippen molar-refractivity contribution in [2.45, 2.75) is 26.7 Å². The maximum atomic E-state index is 12.9. The van der Waals surface area contributed by atoms with Gasteiger partial charge in [-0.05, 0) is 31.0 Å². The summed E-state index contributed by atoms with van der Waals surface area (Å²) in [5.74, 6) is -0.136. The number of rotatable bonds is 8. The van der Waals surface area contributed by atoms with E-state index in [1.165, 1.54) is 0 Å². The molecule has 1 N–H and O–H groups in total. The van der Waals surface area contributed by atoms with Crippen molar-refractivity contribution in [2.24, 2.45) is 0 Å². The van der Waals surface area contributed by atoms with Crippen LogP contribution in [0.2, 0.25) is 0 Å². The predicted molar refractivity (Wildman–Crippen MR) is 114 cm³/mol. The van der Waals surface area contributed by atoms with Crippen LogP contribution in [0, 0.1) is 0 Å². The zero-order valence-electron chi connectivity index (χ0n) is 16.9. The van der Waals surface area contributed by atoms with Gasteiger partial charge in [-0.2, -0.15) is 0 Å². The third-order valence-corrected chi connectivity index (χ3v) is 4.84. The molecule has 1 amide bonds. The van der Waals surface area contributed by atoms with Gasteiger partial charge in [0.1, 0.15) is 0 Å². The number of pyridine rings is 1. The average molecular weight is 383 g/mol. The Bertz CT molecular complexity index is 769. The molecule has 0 radical (unpaired) electrons. The summed E-state index contributed by atoms with van der Waals surface area (Å²) in [5, 5.41) is 3.07. The van der Waals surface area contributed by atoms with E-state index in [9.17, 15) is 4.79 Å². The van der Waals surface area contributed by atoms with Crippen molar-refractivity contribution in [2.75, 3.05) is 54.5 Å². The molecule has 28 heavy (non-hydrogen) atoms. The van der Waals surface area contributed by atoms with Crippen molar-refractivity contribution in [3.8, 4) is 0 Å². The number of hydrogen-bond acceptors (Lipinski definition) is 5. The second kappa shape index (κ2) is 10.1. The minimum Gasteiger partial charge on any atom is -0.378 e. The van der Waals surface area contributed by atoms with Crippen LogP contribution in [-0.4, -0.2) is 50.3 Å². The number of benzene rings is 1. The lowest BCUT2D eigenvalue weighted by Gasteiger charge is -2.30. The number of anilines is 3. The number of nitrogens with one attached hydrogen (secondary N) is 1. The van der Waals surface area contributed by atoms with Gasteiger partial charge in [0.05, 0.1) is 42.0 Å². The van der Waals surface area contributed by atoms with E-state index in [0.29, 0.717) is 18.8 Å². The number of morpholine rings is 1. The highest BCUT2D eigenvalue weighted by atomic mass is 16.5. The van der Waals surface area contributed by atoms with Gasteiger partial charge in [-0.1, -0.05) is 26.0 Å². The molecule has 1 fully saturated rings. The molecule has 150 valence electrons. The van der Waals surface area contributed by atoms with Gasteiger partial charge >= 0.3 is 0 Å². The van der Waals surface area contributed by atoms with Gasteiger partial charge in [0, 0.05) is 32.4 Å². The monoisotopic (exact) mass is 382 g/mol. The zero-order chi connectivity index (χ0) is 19.8. The standard InChI is InChI=1S/C22H30N4O2/c1-3-9-25(10-4-2)19-15-18(16-23-17-19)22(27)24-20-7-5-6-8-21(20)26-11-13-28-14-12-26/h5-8,15-17H,3-4,9-14H2,1-2H3,(H,24,27). The summed E-state index contributed by atoms with van der Waals surface area (Å²) < 4.78 is 5.44. The molecule has 0 unspecified atom stereocenters. The minimum atomic E-state index is -0.136. The largest absolute Gasteiger partial charge is 0.378 e. The lowest BCUT2D eigenvalue weighted by atomic mass is 10.2. The van der Waals surface area contributed by atoms with Crippen molar-refractivity contribution < 1.29 is 9.53 Å². The van der Waals surface area contributed by atoms with E-state index in [1.807, 2.05) is 36.5 Å². The van der Waals surface area contributed by atoms with Gasteiger partial charge in [-0.15, -0.1) is 0 Å². The summed E-state index contributed by atoms with van der Waals surface area (Å²) in [6.45, 7) is 9.31. The molecule has 6 nitrogen and oxygen atoms in total. The zero-order valence-corrected chi connectivity index (χ0v) is 16.9. The first kappa shape index (κ1) is 20.1. The molecule has 0 atom stereocenters. The summed E-state index contributed by atoms with van der Waals surface area (Å²) in [4.78, 5) is 21.8. The van der Waals surface area contributed by atoms with Gasteiger partial charge < -0.3 is 19.9 Å². The molecular weight excluding hydrogens is 352 g/mol. The highest BCUT2D eigenvalue weighted by molar-refractivity contribution is 6.06. The van der Waals surface area contributed by atoms with Crippen LogP contribution in [0.15, 0.2) is 42.7 Å². The molecule has 6 heteroatoms. The number of hydrogen-bond donors (Lipinski definition) is 1. The van der Waals surface area contributed by atoms with Crippen LogP contribution in [0.5, 0.6) is 0 Å². The second-order valence-corrected chi connectivity index (χ2v) is 6.99. The molecular formula is C22H30N4O2. The Kier molecular flexibility index (Phi) is 7.25. The first-order chi connectivity index (χ1) is 13.7. The topological polar surface area (TPSA) is 57.7 Å². The van der Waals surface area contributed by atoms with Crippen molar-refractivity contribution >= 4 is 23.0 Å². The fraction of sp³-hybridized carbons (Fsp3) is 0.455. The Labute approximate surface area is 167 Å². The number of nitrogens with zero attached hydrogens (tertiary/aromatic N) is 3. The van der Waals surface area contributed by atoms with Crippen LogP contribution in [-0.2, 0) is 4.74 Å². The summed E-state index contributed by atoms with van der Waals surface area (Å²) in [6, 6.07) is 9.86. The maximum absolute atomic E-state index is 12.9. The first-order valence-corrected chi connectivity index (χ1v) is 10.2. The third kappa shape index (κ3) is 5.01. The van der Waals surface area contributed by atoms with Gasteiger partial charge in [-0.3, -0.25) is 9.78 Å². The van der Waals surface area contributed by atoms with Gasteiger partial charge in [0.2, 0.25) is 0 Å². The van der Waals surface area contributed by atoms with Gasteiger partial charge in [0.25, 0.3) is 5.91 Å². The van der Waals surface area contributed by atoms with Gasteiger partial charge in [0.15, 0.2) is 0 Å². The Morgan fingerprint density at radius 3 is 2.57 bits per heavy atom. The Hall–Kier alpha value is -2.60. The van der Waals surface area contributed by atoms with E-state index in [0.717, 1.165) is 56.1 Å². The molecule has 1 aliphatic rings. The molecule has 0 bridgehead atoms. The van der Waals surface area contributed by atoms with E-state index >= 15 is 0 Å². The molecule has 1 aromatic carbocycles. The first-order valence-electron chi connectivity index (χ1n) is 10.2. The number of ether oxygens (including phenoxy) is 1. The summed E-state index contributed by atoms with van der Waals surface area (Å²) in [7, 11) is 0. The van der Waals surface area contributed by atoms with Crippen molar-refractivity contribution in [1.29, 1.82) is 0 Å². The van der Waals surface area contributed by atoms with Crippen LogP contribution in [0.3, 0.4) is 0 Å². The molecule has 3 rings (SSSR count). The molecule has 0 saturated carbocycles. The molecule has 0 spiro atoms. The quantitative estimate of drug-likeness (QED) is 0.753. The molecule has 0 aliphatic carbocycles. The fourth-order valence-electron chi connectivity index (χ4n) is 3.49. The average Bonchev–Trinajstić information content (AvgIpc) is 2.75. The predicted octanol–water partition coefficient (Wildman–Crippen LogP) is 3.80. The number of carbonyl (C=O) groups is 1. The van der Waals surface area contributed by atoms with E-state index in [1.54, 1.807) is 6.20 Å². The van der Waals surface area contributed by atoms with E-state index in [2.05, 4.69) is 33.9 Å². The normalized spacial score (nSPS) is 14.0. The van der Waals surface area contributed by atoms with Crippen LogP contribution >= 0.6 is 0 Å². The third-order valence-electron chi connectivity index (χ3n) is 4.84. The molecule has 2 heterocycles. The Morgan fingerprint density at radius 1 is 1.14 bits per heavy atom. The second-order valence-electron chi connectivity index (χ2n) is 6.99. The summed E-state index contributed by atoms with van der Waals surface area (Å²) in [6.07, 6.45) is 5.59. The lowest BCUT2D eigenvalue weighted by Crippen LogP contribution is -2.36. The van der Waals surface area contributed by atoms with Crippen molar-refractivity contribution in [3.05, 3.63) is 48.3 Å². The molecule has 1 saturated heterocycles.